The molecule has 0 saturated carbocycles. The molecule has 0 heterocycles. The normalized spacial score (nSPS) is 10.8. The lowest BCUT2D eigenvalue weighted by Crippen LogP contribution is -2.27. The van der Waals surface area contributed by atoms with Crippen LogP contribution in [0.1, 0.15) is 42.3 Å². The molecule has 0 aliphatic heterocycles. The fourth-order valence-electron chi connectivity index (χ4n) is 3.29. The molecule has 0 aliphatic rings. The predicted octanol–water partition coefficient (Wildman–Crippen LogP) is 7.73. The van der Waals surface area contributed by atoms with Crippen LogP contribution >= 0.6 is 39.1 Å². The highest BCUT2D eigenvalue weighted by atomic mass is 79.9. The Hall–Kier alpha value is -2.41. The number of carbonyl (C=O) groups excluding carboxylic acids is 1. The van der Waals surface area contributed by atoms with E-state index in [0.29, 0.717) is 52.7 Å². The van der Waals surface area contributed by atoms with Gasteiger partial charge in [-0.25, -0.2) is 0 Å². The lowest BCUT2D eigenvalue weighted by molar-refractivity contribution is 0.0949. The average Bonchev–Trinajstić information content (AvgIpc) is 2.82. The van der Waals surface area contributed by atoms with E-state index in [9.17, 15) is 4.79 Å². The molecule has 3 rings (SSSR count). The number of hydrogen-bond acceptors (Lipinski definition) is 4. The molecular formula is C27H29BrCl2N2O3. The number of ether oxygens (including phenoxy) is 2. The molecule has 0 saturated heterocycles. The van der Waals surface area contributed by atoms with Crippen molar-refractivity contribution in [2.24, 2.45) is 5.92 Å². The van der Waals surface area contributed by atoms with Gasteiger partial charge < -0.3 is 20.1 Å². The van der Waals surface area contributed by atoms with Gasteiger partial charge >= 0.3 is 0 Å². The SMILES string of the molecule is CCOc1cc(CNc2cccc(C(=O)NCC(C)C)c2)cc(Br)c1OCc1ccc(Cl)cc1Cl. The number of hydrogen-bond donors (Lipinski definition) is 2. The van der Waals surface area contributed by atoms with E-state index in [-0.39, 0.29) is 12.5 Å². The van der Waals surface area contributed by atoms with Crippen molar-refractivity contribution < 1.29 is 14.3 Å². The summed E-state index contributed by atoms with van der Waals surface area (Å²) in [6.45, 7) is 8.01. The summed E-state index contributed by atoms with van der Waals surface area (Å²) in [5, 5.41) is 7.45. The number of carbonyl (C=O) groups is 1. The zero-order valence-electron chi connectivity index (χ0n) is 20.0. The Bertz CT molecular complexity index is 1170. The predicted molar refractivity (Wildman–Crippen MR) is 147 cm³/mol. The van der Waals surface area contributed by atoms with Gasteiger partial charge in [-0.05, 0) is 76.8 Å². The summed E-state index contributed by atoms with van der Waals surface area (Å²) in [6.07, 6.45) is 0. The van der Waals surface area contributed by atoms with Gasteiger partial charge in [0.25, 0.3) is 5.91 Å². The van der Waals surface area contributed by atoms with Gasteiger partial charge in [-0.15, -0.1) is 0 Å². The Balaban J connectivity index is 1.70. The average molecular weight is 580 g/mol. The maximum atomic E-state index is 12.4. The van der Waals surface area contributed by atoms with Crippen molar-refractivity contribution >= 4 is 50.7 Å². The minimum Gasteiger partial charge on any atom is -0.490 e. The molecule has 0 fully saturated rings. The van der Waals surface area contributed by atoms with Crippen molar-refractivity contribution in [3.63, 3.8) is 0 Å². The summed E-state index contributed by atoms with van der Waals surface area (Å²) in [4.78, 5) is 12.4. The molecule has 0 spiro atoms. The molecule has 8 heteroatoms. The Morgan fingerprint density at radius 2 is 1.86 bits per heavy atom. The van der Waals surface area contributed by atoms with Crippen LogP contribution in [0.25, 0.3) is 0 Å². The third-order valence-corrected chi connectivity index (χ3v) is 6.22. The topological polar surface area (TPSA) is 59.6 Å². The molecular weight excluding hydrogens is 551 g/mol. The zero-order valence-corrected chi connectivity index (χ0v) is 23.1. The highest BCUT2D eigenvalue weighted by Gasteiger charge is 2.14. The van der Waals surface area contributed by atoms with Crippen molar-refractivity contribution in [2.75, 3.05) is 18.5 Å². The van der Waals surface area contributed by atoms with Crippen LogP contribution in [0.5, 0.6) is 11.5 Å². The van der Waals surface area contributed by atoms with E-state index >= 15 is 0 Å². The van der Waals surface area contributed by atoms with Crippen molar-refractivity contribution in [1.82, 2.24) is 5.32 Å². The van der Waals surface area contributed by atoms with Crippen LogP contribution in [0.15, 0.2) is 59.1 Å². The van der Waals surface area contributed by atoms with Gasteiger partial charge in [-0.2, -0.15) is 0 Å². The van der Waals surface area contributed by atoms with E-state index < -0.39 is 0 Å². The van der Waals surface area contributed by atoms with Crippen LogP contribution < -0.4 is 20.1 Å². The van der Waals surface area contributed by atoms with Crippen LogP contribution in [0.2, 0.25) is 10.0 Å². The molecule has 5 nitrogen and oxygen atoms in total. The second kappa shape index (κ2) is 13.1. The van der Waals surface area contributed by atoms with E-state index in [0.717, 1.165) is 21.3 Å². The van der Waals surface area contributed by atoms with Crippen molar-refractivity contribution in [1.29, 1.82) is 0 Å². The molecule has 186 valence electrons. The molecule has 3 aromatic rings. The number of benzene rings is 3. The lowest BCUT2D eigenvalue weighted by Gasteiger charge is -2.17. The highest BCUT2D eigenvalue weighted by molar-refractivity contribution is 9.10. The van der Waals surface area contributed by atoms with Crippen molar-refractivity contribution in [3.05, 3.63) is 85.8 Å². The minimum absolute atomic E-state index is 0.0778. The van der Waals surface area contributed by atoms with E-state index in [4.69, 9.17) is 32.7 Å². The van der Waals surface area contributed by atoms with Crippen LogP contribution in [-0.2, 0) is 13.2 Å². The van der Waals surface area contributed by atoms with Crippen molar-refractivity contribution in [2.45, 2.75) is 33.9 Å². The molecule has 0 radical (unpaired) electrons. The maximum absolute atomic E-state index is 12.4. The van der Waals surface area contributed by atoms with Crippen LogP contribution in [0.4, 0.5) is 5.69 Å². The molecule has 0 aliphatic carbocycles. The Morgan fingerprint density at radius 3 is 2.57 bits per heavy atom. The Labute approximate surface area is 225 Å². The smallest absolute Gasteiger partial charge is 0.251 e. The van der Waals surface area contributed by atoms with E-state index in [1.54, 1.807) is 12.1 Å². The van der Waals surface area contributed by atoms with Gasteiger partial charge in [-0.3, -0.25) is 4.79 Å². The van der Waals surface area contributed by atoms with Crippen molar-refractivity contribution in [3.8, 4) is 11.5 Å². The molecule has 3 aromatic carbocycles. The van der Waals surface area contributed by atoms with E-state index in [1.165, 1.54) is 0 Å². The van der Waals surface area contributed by atoms with Gasteiger partial charge in [0.1, 0.15) is 6.61 Å². The van der Waals surface area contributed by atoms with Gasteiger partial charge in [0.2, 0.25) is 0 Å². The van der Waals surface area contributed by atoms with Crippen LogP contribution in [0.3, 0.4) is 0 Å². The first-order valence-electron chi connectivity index (χ1n) is 11.4. The number of rotatable bonds is 11. The number of halogens is 3. The Kier molecular flexibility index (Phi) is 10.1. The molecule has 0 aromatic heterocycles. The second-order valence-electron chi connectivity index (χ2n) is 8.40. The molecule has 0 bridgehead atoms. The van der Waals surface area contributed by atoms with Gasteiger partial charge in [0, 0.05) is 39.9 Å². The fraction of sp³-hybridized carbons (Fsp3) is 0.296. The first-order chi connectivity index (χ1) is 16.8. The van der Waals surface area contributed by atoms with E-state index in [2.05, 4.69) is 40.4 Å². The zero-order chi connectivity index (χ0) is 25.4. The van der Waals surface area contributed by atoms with Gasteiger partial charge in [0.15, 0.2) is 11.5 Å². The van der Waals surface area contributed by atoms with Crippen LogP contribution in [0, 0.1) is 5.92 Å². The Morgan fingerprint density at radius 1 is 1.06 bits per heavy atom. The lowest BCUT2D eigenvalue weighted by atomic mass is 10.1. The second-order valence-corrected chi connectivity index (χ2v) is 10.1. The summed E-state index contributed by atoms with van der Waals surface area (Å²) in [5.74, 6) is 1.55. The standard InChI is InChI=1S/C27H29BrCl2N2O3/c1-4-34-25-11-18(10-23(28)26(25)35-16-20-8-9-21(29)13-24(20)30)15-31-22-7-5-6-19(12-22)27(33)32-14-17(2)3/h5-13,17,31H,4,14-16H2,1-3H3,(H,32,33). The first-order valence-corrected chi connectivity index (χ1v) is 13.0. The third kappa shape index (κ3) is 8.06. The van der Waals surface area contributed by atoms with E-state index in [1.807, 2.05) is 49.4 Å². The molecule has 1 amide bonds. The van der Waals surface area contributed by atoms with Gasteiger partial charge in [-0.1, -0.05) is 49.2 Å². The summed E-state index contributed by atoms with van der Waals surface area (Å²) in [7, 11) is 0. The number of nitrogens with one attached hydrogen (secondary N) is 2. The quantitative estimate of drug-likeness (QED) is 0.244. The largest absolute Gasteiger partial charge is 0.490 e. The molecule has 0 unspecified atom stereocenters. The number of amides is 1. The number of anilines is 1. The van der Waals surface area contributed by atoms with Gasteiger partial charge in [0.05, 0.1) is 11.1 Å². The monoisotopic (exact) mass is 578 g/mol. The molecule has 35 heavy (non-hydrogen) atoms. The summed E-state index contributed by atoms with van der Waals surface area (Å²) >= 11 is 15.9. The molecule has 2 N–H and O–H groups in total. The molecule has 0 atom stereocenters. The third-order valence-electron chi connectivity index (χ3n) is 5.05. The highest BCUT2D eigenvalue weighted by Crippen LogP contribution is 2.38. The summed E-state index contributed by atoms with van der Waals surface area (Å²) in [5.41, 5.74) is 3.30. The summed E-state index contributed by atoms with van der Waals surface area (Å²) in [6, 6.07) is 16.7. The van der Waals surface area contributed by atoms with Crippen LogP contribution in [-0.4, -0.2) is 19.1 Å². The summed E-state index contributed by atoms with van der Waals surface area (Å²) < 4.78 is 12.7. The maximum Gasteiger partial charge on any atom is 0.251 e. The first kappa shape index (κ1) is 27.2. The minimum atomic E-state index is -0.0778. The fourth-order valence-corrected chi connectivity index (χ4v) is 4.36.